The lowest BCUT2D eigenvalue weighted by Crippen LogP contribution is -2.43. The summed E-state index contributed by atoms with van der Waals surface area (Å²) in [5.41, 5.74) is 5.95. The average molecular weight is 467 g/mol. The lowest BCUT2D eigenvalue weighted by atomic mass is 10.1. The molecule has 0 saturated carbocycles. The average Bonchev–Trinajstić information content (AvgIpc) is 3.30. The Morgan fingerprint density at radius 2 is 2.00 bits per heavy atom. The van der Waals surface area contributed by atoms with Crippen LogP contribution in [0.3, 0.4) is 0 Å². The number of hydrogen-bond acceptors (Lipinski definition) is 8. The van der Waals surface area contributed by atoms with Crippen molar-refractivity contribution in [1.29, 1.82) is 0 Å². The van der Waals surface area contributed by atoms with Gasteiger partial charge in [-0.25, -0.2) is 8.42 Å². The first kappa shape index (κ1) is 22.7. The summed E-state index contributed by atoms with van der Waals surface area (Å²) in [5, 5.41) is 11.0. The Morgan fingerprint density at radius 3 is 2.71 bits per heavy atom. The first-order valence-electron chi connectivity index (χ1n) is 9.41. The molecule has 13 heteroatoms. The highest BCUT2D eigenvalue weighted by molar-refractivity contribution is 7.99. The molecule has 1 saturated heterocycles. The van der Waals surface area contributed by atoms with Crippen LogP contribution in [0.4, 0.5) is 5.69 Å². The number of nitrogens with zero attached hydrogens (tertiary/aromatic N) is 3. The van der Waals surface area contributed by atoms with E-state index in [1.807, 2.05) is 6.07 Å². The fourth-order valence-corrected chi connectivity index (χ4v) is 5.68. The van der Waals surface area contributed by atoms with E-state index in [0.29, 0.717) is 23.0 Å². The lowest BCUT2D eigenvalue weighted by Gasteiger charge is -2.10. The first-order chi connectivity index (χ1) is 14.7. The summed E-state index contributed by atoms with van der Waals surface area (Å²) < 4.78 is 24.6. The number of hydrogen-bond donors (Lipinski definition) is 3. The van der Waals surface area contributed by atoms with Gasteiger partial charge in [-0.1, -0.05) is 17.8 Å². The maximum absolute atomic E-state index is 12.1. The second-order valence-electron chi connectivity index (χ2n) is 7.07. The Morgan fingerprint density at radius 1 is 1.23 bits per heavy atom. The van der Waals surface area contributed by atoms with Crippen molar-refractivity contribution in [2.24, 2.45) is 5.92 Å². The van der Waals surface area contributed by atoms with Crippen LogP contribution in [0.25, 0.3) is 5.69 Å². The minimum Gasteiger partial charge on any atom is -0.326 e. The van der Waals surface area contributed by atoms with Crippen LogP contribution in [0.2, 0.25) is 0 Å². The van der Waals surface area contributed by atoms with Crippen LogP contribution in [0.15, 0.2) is 35.7 Å². The number of nitrogens with one attached hydrogen (secondary N) is 3. The molecule has 3 amide bonds. The number of amides is 3. The van der Waals surface area contributed by atoms with E-state index < -0.39 is 21.7 Å². The van der Waals surface area contributed by atoms with Gasteiger partial charge in [0.05, 0.1) is 22.9 Å². The van der Waals surface area contributed by atoms with Gasteiger partial charge in [0.1, 0.15) is 6.33 Å². The van der Waals surface area contributed by atoms with Crippen molar-refractivity contribution in [2.75, 3.05) is 22.6 Å². The summed E-state index contributed by atoms with van der Waals surface area (Å²) in [4.78, 5) is 35.2. The minimum absolute atomic E-state index is 0.00299. The van der Waals surface area contributed by atoms with Crippen LogP contribution >= 0.6 is 11.8 Å². The van der Waals surface area contributed by atoms with Gasteiger partial charge in [0.15, 0.2) is 15.0 Å². The summed E-state index contributed by atoms with van der Waals surface area (Å²) >= 11 is 1.12. The van der Waals surface area contributed by atoms with E-state index in [-0.39, 0.29) is 35.5 Å². The molecule has 0 bridgehead atoms. The van der Waals surface area contributed by atoms with E-state index in [4.69, 9.17) is 0 Å². The summed E-state index contributed by atoms with van der Waals surface area (Å²) in [7, 11) is -3.05. The van der Waals surface area contributed by atoms with Gasteiger partial charge in [-0.2, -0.15) is 0 Å². The highest BCUT2D eigenvalue weighted by atomic mass is 32.2. The molecule has 0 spiro atoms. The van der Waals surface area contributed by atoms with Gasteiger partial charge in [0, 0.05) is 19.0 Å². The summed E-state index contributed by atoms with van der Waals surface area (Å²) in [6, 6.07) is 7.08. The van der Waals surface area contributed by atoms with Gasteiger partial charge in [-0.15, -0.1) is 10.2 Å². The Kier molecular flexibility index (Phi) is 7.28. The molecule has 3 N–H and O–H groups in total. The minimum atomic E-state index is -3.05. The summed E-state index contributed by atoms with van der Waals surface area (Å²) in [6.07, 6.45) is 1.99. The number of thioether (sulfide) groups is 1. The Labute approximate surface area is 183 Å². The van der Waals surface area contributed by atoms with Crippen LogP contribution in [-0.4, -0.2) is 58.2 Å². The highest BCUT2D eigenvalue weighted by Crippen LogP contribution is 2.22. The van der Waals surface area contributed by atoms with Gasteiger partial charge in [0.2, 0.25) is 17.7 Å². The summed E-state index contributed by atoms with van der Waals surface area (Å²) in [6.45, 7) is 1.42. The van der Waals surface area contributed by atoms with Gasteiger partial charge in [-0.05, 0) is 30.5 Å². The molecule has 1 fully saturated rings. The molecule has 1 aromatic heterocycles. The number of benzene rings is 1. The molecule has 0 radical (unpaired) electrons. The van der Waals surface area contributed by atoms with E-state index in [0.717, 1.165) is 11.8 Å². The van der Waals surface area contributed by atoms with Crippen LogP contribution in [0.5, 0.6) is 0 Å². The molecule has 166 valence electrons. The van der Waals surface area contributed by atoms with Crippen LogP contribution < -0.4 is 16.2 Å². The largest absolute Gasteiger partial charge is 0.326 e. The Bertz CT molecular complexity index is 1080. The van der Waals surface area contributed by atoms with Gasteiger partial charge >= 0.3 is 0 Å². The SMILES string of the molecule is CC(=O)Nc1cccc(-n2cnnc2SCC(=O)NNC(=O)CC2CCS(=O)(=O)C2)c1. The number of carbonyl (C=O) groups excluding carboxylic acids is 3. The van der Waals surface area contributed by atoms with Crippen molar-refractivity contribution in [1.82, 2.24) is 25.6 Å². The van der Waals surface area contributed by atoms with Crippen molar-refractivity contribution in [3.63, 3.8) is 0 Å². The van der Waals surface area contributed by atoms with Crippen molar-refractivity contribution in [3.8, 4) is 5.69 Å². The third-order valence-electron chi connectivity index (χ3n) is 4.44. The maximum Gasteiger partial charge on any atom is 0.248 e. The Balaban J connectivity index is 1.49. The fourth-order valence-electron chi connectivity index (χ4n) is 3.09. The van der Waals surface area contributed by atoms with Crippen molar-refractivity contribution < 1.29 is 22.8 Å². The molecule has 2 heterocycles. The fraction of sp³-hybridized carbons (Fsp3) is 0.389. The molecule has 1 atom stereocenters. The third-order valence-corrected chi connectivity index (χ3v) is 7.22. The molecule has 1 aromatic carbocycles. The van der Waals surface area contributed by atoms with Gasteiger partial charge in [0.25, 0.3) is 0 Å². The predicted octanol–water partition coefficient (Wildman–Crippen LogP) is 0.290. The van der Waals surface area contributed by atoms with Gasteiger partial charge < -0.3 is 5.32 Å². The number of hydrazine groups is 1. The zero-order valence-electron chi connectivity index (χ0n) is 16.7. The molecule has 1 aliphatic heterocycles. The molecule has 31 heavy (non-hydrogen) atoms. The summed E-state index contributed by atoms with van der Waals surface area (Å²) in [5.74, 6) is -1.21. The van der Waals surface area contributed by atoms with Gasteiger partial charge in [-0.3, -0.25) is 29.8 Å². The zero-order valence-corrected chi connectivity index (χ0v) is 18.3. The highest BCUT2D eigenvalue weighted by Gasteiger charge is 2.29. The maximum atomic E-state index is 12.1. The normalized spacial score (nSPS) is 17.1. The predicted molar refractivity (Wildman–Crippen MR) is 114 cm³/mol. The molecule has 3 rings (SSSR count). The van der Waals surface area contributed by atoms with Crippen LogP contribution in [0, 0.1) is 5.92 Å². The van der Waals surface area contributed by atoms with E-state index in [9.17, 15) is 22.8 Å². The molecular formula is C18H22N6O5S2. The standard InChI is InChI=1S/C18H22N6O5S2/c1-12(25)20-14-3-2-4-15(8-14)24-11-19-23-18(24)30-9-17(27)22-21-16(26)7-13-5-6-31(28,29)10-13/h2-4,8,11,13H,5-7,9-10H2,1H3,(H,20,25)(H,21,26)(H,22,27). The second kappa shape index (κ2) is 9.92. The second-order valence-corrected chi connectivity index (χ2v) is 10.2. The molecule has 11 nitrogen and oxygen atoms in total. The molecule has 0 aliphatic carbocycles. The topological polar surface area (TPSA) is 152 Å². The number of rotatable bonds is 7. The third kappa shape index (κ3) is 6.79. The first-order valence-corrected chi connectivity index (χ1v) is 12.2. The molecule has 2 aromatic rings. The van der Waals surface area contributed by atoms with Crippen molar-refractivity contribution in [2.45, 2.75) is 24.9 Å². The van der Waals surface area contributed by atoms with E-state index >= 15 is 0 Å². The number of aromatic nitrogens is 3. The smallest absolute Gasteiger partial charge is 0.248 e. The molecule has 1 unspecified atom stereocenters. The quantitative estimate of drug-likeness (QED) is 0.389. The number of anilines is 1. The van der Waals surface area contributed by atoms with Crippen molar-refractivity contribution >= 4 is 45.0 Å². The van der Waals surface area contributed by atoms with Crippen LogP contribution in [-0.2, 0) is 24.2 Å². The molecule has 1 aliphatic rings. The number of sulfone groups is 1. The molecular weight excluding hydrogens is 444 g/mol. The van der Waals surface area contributed by atoms with Crippen molar-refractivity contribution in [3.05, 3.63) is 30.6 Å². The van der Waals surface area contributed by atoms with Crippen LogP contribution in [0.1, 0.15) is 19.8 Å². The lowest BCUT2D eigenvalue weighted by molar-refractivity contribution is -0.128. The van der Waals surface area contributed by atoms with E-state index in [1.165, 1.54) is 13.3 Å². The monoisotopic (exact) mass is 466 g/mol. The van der Waals surface area contributed by atoms with E-state index in [2.05, 4.69) is 26.4 Å². The zero-order chi connectivity index (χ0) is 22.4. The van der Waals surface area contributed by atoms with E-state index in [1.54, 1.807) is 22.8 Å². The number of carbonyl (C=O) groups is 3. The Hall–Kier alpha value is -2.93.